The normalized spacial score (nSPS) is 21.8. The number of rotatable bonds is 2. The minimum Gasteiger partial charge on any atom is -0.381 e. The fourth-order valence-electron chi connectivity index (χ4n) is 2.05. The third kappa shape index (κ3) is 2.52. The van der Waals surface area contributed by atoms with E-state index in [0.29, 0.717) is 38.5 Å². The van der Waals surface area contributed by atoms with Gasteiger partial charge in [0, 0.05) is 45.4 Å². The van der Waals surface area contributed by atoms with E-state index in [4.69, 9.17) is 4.74 Å². The van der Waals surface area contributed by atoms with Crippen LogP contribution in [-0.4, -0.2) is 61.0 Å². The Balaban J connectivity index is 1.74. The van der Waals surface area contributed by atoms with Crippen LogP contribution in [0.15, 0.2) is 0 Å². The molecule has 0 aromatic rings. The van der Waals surface area contributed by atoms with Crippen LogP contribution in [0.1, 0.15) is 13.3 Å². The van der Waals surface area contributed by atoms with Crippen LogP contribution >= 0.6 is 0 Å². The van der Waals surface area contributed by atoms with Crippen molar-refractivity contribution in [1.29, 1.82) is 0 Å². The Hall–Kier alpha value is -1.10. The second kappa shape index (κ2) is 4.82. The van der Waals surface area contributed by atoms with Crippen molar-refractivity contribution in [2.24, 2.45) is 5.92 Å². The van der Waals surface area contributed by atoms with E-state index < -0.39 is 0 Å². The number of hydrogen-bond acceptors (Lipinski definition) is 3. The average molecular weight is 226 g/mol. The van der Waals surface area contributed by atoms with Crippen molar-refractivity contribution in [3.8, 4) is 0 Å². The molecule has 0 N–H and O–H groups in total. The molecule has 0 bridgehead atoms. The fraction of sp³-hybridized carbons (Fsp3) is 0.818. The molecule has 2 fully saturated rings. The third-order valence-electron chi connectivity index (χ3n) is 3.25. The minimum absolute atomic E-state index is 0.0968. The molecule has 5 heteroatoms. The topological polar surface area (TPSA) is 49.9 Å². The van der Waals surface area contributed by atoms with Gasteiger partial charge >= 0.3 is 0 Å². The van der Waals surface area contributed by atoms with Crippen molar-refractivity contribution in [1.82, 2.24) is 9.80 Å². The van der Waals surface area contributed by atoms with Crippen LogP contribution in [0.25, 0.3) is 0 Å². The SMILES string of the molecule is CC(=O)N1CCN(C(=O)CC2COC2)CC1. The Morgan fingerprint density at radius 3 is 2.12 bits per heavy atom. The zero-order valence-electron chi connectivity index (χ0n) is 9.65. The molecule has 90 valence electrons. The van der Waals surface area contributed by atoms with Crippen molar-refractivity contribution < 1.29 is 14.3 Å². The molecule has 2 rings (SSSR count). The number of hydrogen-bond donors (Lipinski definition) is 0. The summed E-state index contributed by atoms with van der Waals surface area (Å²) in [5.41, 5.74) is 0. The molecule has 0 radical (unpaired) electrons. The quantitative estimate of drug-likeness (QED) is 0.650. The predicted molar refractivity (Wildman–Crippen MR) is 57.8 cm³/mol. The highest BCUT2D eigenvalue weighted by atomic mass is 16.5. The van der Waals surface area contributed by atoms with E-state index in [9.17, 15) is 9.59 Å². The van der Waals surface area contributed by atoms with Crippen molar-refractivity contribution in [3.63, 3.8) is 0 Å². The van der Waals surface area contributed by atoms with Crippen molar-refractivity contribution >= 4 is 11.8 Å². The number of carbonyl (C=O) groups is 2. The molecule has 2 amide bonds. The summed E-state index contributed by atoms with van der Waals surface area (Å²) in [5.74, 6) is 0.717. The van der Waals surface area contributed by atoms with E-state index in [1.807, 2.05) is 4.90 Å². The lowest BCUT2D eigenvalue weighted by atomic mass is 10.0. The lowest BCUT2D eigenvalue weighted by molar-refractivity contribution is -0.142. The number of ether oxygens (including phenoxy) is 1. The summed E-state index contributed by atoms with van der Waals surface area (Å²) in [6, 6.07) is 0. The molecule has 0 aliphatic carbocycles. The van der Waals surface area contributed by atoms with Gasteiger partial charge in [-0.2, -0.15) is 0 Å². The second-order valence-electron chi connectivity index (χ2n) is 4.49. The molecule has 2 aliphatic rings. The molecule has 2 heterocycles. The molecule has 5 nitrogen and oxygen atoms in total. The molecule has 0 aromatic carbocycles. The highest BCUT2D eigenvalue weighted by Gasteiger charge is 2.27. The maximum atomic E-state index is 11.8. The Morgan fingerprint density at radius 2 is 1.69 bits per heavy atom. The first-order chi connectivity index (χ1) is 7.66. The molecule has 2 aliphatic heterocycles. The molecule has 0 saturated carbocycles. The van der Waals surface area contributed by atoms with Crippen molar-refractivity contribution in [3.05, 3.63) is 0 Å². The Kier molecular flexibility index (Phi) is 3.43. The van der Waals surface area contributed by atoms with Crippen molar-refractivity contribution in [2.75, 3.05) is 39.4 Å². The monoisotopic (exact) mass is 226 g/mol. The first-order valence-corrected chi connectivity index (χ1v) is 5.78. The molecular weight excluding hydrogens is 208 g/mol. The summed E-state index contributed by atoms with van der Waals surface area (Å²) < 4.78 is 5.05. The summed E-state index contributed by atoms with van der Waals surface area (Å²) >= 11 is 0. The van der Waals surface area contributed by atoms with Gasteiger partial charge in [-0.3, -0.25) is 9.59 Å². The van der Waals surface area contributed by atoms with Gasteiger partial charge in [-0.15, -0.1) is 0 Å². The van der Waals surface area contributed by atoms with Gasteiger partial charge < -0.3 is 14.5 Å². The standard InChI is InChI=1S/C11H18N2O3/c1-9(14)12-2-4-13(5-3-12)11(15)6-10-7-16-8-10/h10H,2-8H2,1H3. The third-order valence-corrected chi connectivity index (χ3v) is 3.25. The maximum Gasteiger partial charge on any atom is 0.223 e. The van der Waals surface area contributed by atoms with Gasteiger partial charge in [0.05, 0.1) is 13.2 Å². The fourth-order valence-corrected chi connectivity index (χ4v) is 2.05. The smallest absolute Gasteiger partial charge is 0.223 e. The van der Waals surface area contributed by atoms with Gasteiger partial charge in [0.15, 0.2) is 0 Å². The van der Waals surface area contributed by atoms with Gasteiger partial charge in [0.1, 0.15) is 0 Å². The number of amides is 2. The molecular formula is C11H18N2O3. The molecule has 0 aromatic heterocycles. The van der Waals surface area contributed by atoms with E-state index in [2.05, 4.69) is 0 Å². The van der Waals surface area contributed by atoms with Crippen molar-refractivity contribution in [2.45, 2.75) is 13.3 Å². The summed E-state index contributed by atoms with van der Waals surface area (Å²) in [7, 11) is 0. The number of piperazine rings is 1. The van der Waals surface area contributed by atoms with Crippen LogP contribution in [0, 0.1) is 5.92 Å². The first kappa shape index (κ1) is 11.4. The van der Waals surface area contributed by atoms with E-state index in [-0.39, 0.29) is 11.8 Å². The highest BCUT2D eigenvalue weighted by Crippen LogP contribution is 2.16. The van der Waals surface area contributed by atoms with Gasteiger partial charge in [-0.05, 0) is 0 Å². The zero-order valence-corrected chi connectivity index (χ0v) is 9.65. The van der Waals surface area contributed by atoms with Crippen LogP contribution < -0.4 is 0 Å². The van der Waals surface area contributed by atoms with Gasteiger partial charge in [-0.1, -0.05) is 0 Å². The van der Waals surface area contributed by atoms with Gasteiger partial charge in [0.25, 0.3) is 0 Å². The Bertz CT molecular complexity index is 281. The summed E-state index contributed by atoms with van der Waals surface area (Å²) in [5, 5.41) is 0. The van der Waals surface area contributed by atoms with Gasteiger partial charge in [-0.25, -0.2) is 0 Å². The minimum atomic E-state index is 0.0968. The predicted octanol–water partition coefficient (Wildman–Crippen LogP) is -0.286. The highest BCUT2D eigenvalue weighted by molar-refractivity contribution is 5.77. The van der Waals surface area contributed by atoms with Crippen LogP contribution in [0.3, 0.4) is 0 Å². The average Bonchev–Trinajstić information content (AvgIpc) is 2.23. The summed E-state index contributed by atoms with van der Waals surface area (Å²) in [4.78, 5) is 26.6. The number of carbonyl (C=O) groups excluding carboxylic acids is 2. The van der Waals surface area contributed by atoms with E-state index >= 15 is 0 Å². The van der Waals surface area contributed by atoms with Crippen LogP contribution in [0.4, 0.5) is 0 Å². The van der Waals surface area contributed by atoms with E-state index in [0.717, 1.165) is 13.2 Å². The first-order valence-electron chi connectivity index (χ1n) is 5.78. The largest absolute Gasteiger partial charge is 0.381 e. The lowest BCUT2D eigenvalue weighted by Crippen LogP contribution is -2.50. The molecule has 0 atom stereocenters. The zero-order chi connectivity index (χ0) is 11.5. The molecule has 16 heavy (non-hydrogen) atoms. The molecule has 0 spiro atoms. The van der Waals surface area contributed by atoms with Crippen LogP contribution in [-0.2, 0) is 14.3 Å². The lowest BCUT2D eigenvalue weighted by Gasteiger charge is -2.35. The van der Waals surface area contributed by atoms with Crippen LogP contribution in [0.2, 0.25) is 0 Å². The molecule has 0 unspecified atom stereocenters. The maximum absolute atomic E-state index is 11.8. The van der Waals surface area contributed by atoms with Gasteiger partial charge in [0.2, 0.25) is 11.8 Å². The summed E-state index contributed by atoms with van der Waals surface area (Å²) in [6.07, 6.45) is 0.597. The molecule has 2 saturated heterocycles. The Labute approximate surface area is 95.3 Å². The van der Waals surface area contributed by atoms with E-state index in [1.165, 1.54) is 0 Å². The Morgan fingerprint density at radius 1 is 1.12 bits per heavy atom. The van der Waals surface area contributed by atoms with E-state index in [1.54, 1.807) is 11.8 Å². The summed E-state index contributed by atoms with van der Waals surface area (Å²) in [6.45, 7) is 5.70. The van der Waals surface area contributed by atoms with Crippen LogP contribution in [0.5, 0.6) is 0 Å². The number of nitrogens with zero attached hydrogens (tertiary/aromatic N) is 2. The second-order valence-corrected chi connectivity index (χ2v) is 4.49.